The molecule has 4 nitrogen and oxygen atoms in total. The van der Waals surface area contributed by atoms with Crippen molar-refractivity contribution in [3.05, 3.63) is 23.0 Å². The number of aromatic nitrogens is 1. The molecule has 1 aliphatic carbocycles. The van der Waals surface area contributed by atoms with E-state index in [1.807, 2.05) is 4.57 Å². The summed E-state index contributed by atoms with van der Waals surface area (Å²) in [6, 6.07) is 1.70. The minimum absolute atomic E-state index is 0.0907. The highest BCUT2D eigenvalue weighted by Crippen LogP contribution is 2.28. The van der Waals surface area contributed by atoms with Crippen molar-refractivity contribution in [3.63, 3.8) is 0 Å². The van der Waals surface area contributed by atoms with Crippen LogP contribution in [0.2, 0.25) is 5.02 Å². The molecule has 0 bridgehead atoms. The molecule has 0 atom stereocenters. The molecule has 1 aromatic heterocycles. The van der Waals surface area contributed by atoms with Crippen LogP contribution >= 0.6 is 11.6 Å². The summed E-state index contributed by atoms with van der Waals surface area (Å²) < 4.78 is 1.89. The fraction of sp³-hybridized carbons (Fsp3) is 0.615. The lowest BCUT2D eigenvalue weighted by Crippen LogP contribution is -2.55. The van der Waals surface area contributed by atoms with E-state index in [1.54, 1.807) is 12.3 Å². The van der Waals surface area contributed by atoms with Gasteiger partial charge in [0, 0.05) is 24.8 Å². The lowest BCUT2D eigenvalue weighted by molar-refractivity contribution is 0.0920. The number of carbonyl (C=O) groups excluding carboxylic acids is 1. The van der Waals surface area contributed by atoms with Gasteiger partial charge >= 0.3 is 0 Å². The summed E-state index contributed by atoms with van der Waals surface area (Å²) in [4.78, 5) is 12.1. The Kier molecular flexibility index (Phi) is 3.97. The van der Waals surface area contributed by atoms with E-state index in [2.05, 4.69) is 12.2 Å². The predicted octanol–water partition coefficient (Wildman–Crippen LogP) is 2.16. The van der Waals surface area contributed by atoms with Crippen LogP contribution in [0.25, 0.3) is 0 Å². The van der Waals surface area contributed by atoms with Crippen LogP contribution in [0.3, 0.4) is 0 Å². The van der Waals surface area contributed by atoms with Crippen molar-refractivity contribution in [2.45, 2.75) is 44.7 Å². The number of nitrogens with one attached hydrogen (secondary N) is 1. The number of hydrogen-bond donors (Lipinski definition) is 2. The van der Waals surface area contributed by atoms with Crippen LogP contribution in [0, 0.1) is 0 Å². The van der Waals surface area contributed by atoms with Gasteiger partial charge in [-0.2, -0.15) is 0 Å². The Bertz CT molecular complexity index is 437. The topological polar surface area (TPSA) is 60.0 Å². The second kappa shape index (κ2) is 5.33. The molecule has 1 aliphatic rings. The van der Waals surface area contributed by atoms with E-state index < -0.39 is 0 Å². The number of hydrogen-bond acceptors (Lipinski definition) is 2. The third kappa shape index (κ3) is 2.87. The molecule has 1 heterocycles. The Hall–Kier alpha value is -1.00. The molecule has 0 radical (unpaired) electrons. The van der Waals surface area contributed by atoms with Crippen LogP contribution in [-0.4, -0.2) is 22.6 Å². The molecule has 1 aromatic rings. The molecule has 100 valence electrons. The first-order valence-corrected chi connectivity index (χ1v) is 6.85. The molecule has 1 amide bonds. The average molecular weight is 270 g/mol. The molecule has 1 saturated carbocycles. The van der Waals surface area contributed by atoms with Gasteiger partial charge in [-0.25, -0.2) is 0 Å². The maximum atomic E-state index is 12.1. The van der Waals surface area contributed by atoms with Crippen LogP contribution in [0.1, 0.15) is 43.1 Å². The van der Waals surface area contributed by atoms with Crippen LogP contribution in [0.5, 0.6) is 0 Å². The van der Waals surface area contributed by atoms with Gasteiger partial charge in [-0.15, -0.1) is 0 Å². The summed E-state index contributed by atoms with van der Waals surface area (Å²) in [6.45, 7) is 3.41. The molecule has 0 spiro atoms. The summed E-state index contributed by atoms with van der Waals surface area (Å²) in [7, 11) is 0. The minimum atomic E-state index is -0.193. The first kappa shape index (κ1) is 13.4. The minimum Gasteiger partial charge on any atom is -0.349 e. The monoisotopic (exact) mass is 269 g/mol. The zero-order chi connectivity index (χ0) is 13.2. The third-order valence-corrected chi connectivity index (χ3v) is 3.72. The van der Waals surface area contributed by atoms with Gasteiger partial charge in [0.05, 0.1) is 5.02 Å². The van der Waals surface area contributed by atoms with E-state index in [0.717, 1.165) is 32.2 Å². The summed E-state index contributed by atoms with van der Waals surface area (Å²) in [5.41, 5.74) is 6.51. The van der Waals surface area contributed by atoms with E-state index in [4.69, 9.17) is 17.3 Å². The van der Waals surface area contributed by atoms with Gasteiger partial charge < -0.3 is 15.6 Å². The highest BCUT2D eigenvalue weighted by molar-refractivity contribution is 6.31. The number of nitrogens with two attached hydrogens (primary N) is 1. The quantitative estimate of drug-likeness (QED) is 0.861. The Morgan fingerprint density at radius 3 is 2.89 bits per heavy atom. The fourth-order valence-electron chi connectivity index (χ4n) is 2.25. The molecule has 5 heteroatoms. The Morgan fingerprint density at radius 1 is 1.61 bits per heavy atom. The lowest BCUT2D eigenvalue weighted by atomic mass is 9.78. The predicted molar refractivity (Wildman–Crippen MR) is 72.8 cm³/mol. The molecular formula is C13H20ClN3O. The van der Waals surface area contributed by atoms with E-state index in [9.17, 15) is 4.79 Å². The molecule has 0 aromatic carbocycles. The molecule has 0 aliphatic heterocycles. The number of halogens is 1. The van der Waals surface area contributed by atoms with Crippen molar-refractivity contribution in [3.8, 4) is 0 Å². The van der Waals surface area contributed by atoms with Crippen LogP contribution in [-0.2, 0) is 6.54 Å². The van der Waals surface area contributed by atoms with Crippen molar-refractivity contribution in [2.24, 2.45) is 5.73 Å². The molecule has 0 saturated heterocycles. The van der Waals surface area contributed by atoms with Crippen molar-refractivity contribution >= 4 is 17.5 Å². The molecule has 18 heavy (non-hydrogen) atoms. The van der Waals surface area contributed by atoms with Crippen LogP contribution < -0.4 is 11.1 Å². The van der Waals surface area contributed by atoms with Gasteiger partial charge in [0.15, 0.2) is 0 Å². The van der Waals surface area contributed by atoms with E-state index in [-0.39, 0.29) is 11.4 Å². The largest absolute Gasteiger partial charge is 0.349 e. The van der Waals surface area contributed by atoms with Crippen molar-refractivity contribution in [2.75, 3.05) is 6.54 Å². The number of carbonyl (C=O) groups is 1. The molecule has 2 rings (SSSR count). The van der Waals surface area contributed by atoms with Gasteiger partial charge in [-0.05, 0) is 31.7 Å². The van der Waals surface area contributed by atoms with Crippen LogP contribution in [0.4, 0.5) is 0 Å². The zero-order valence-electron chi connectivity index (χ0n) is 10.7. The number of nitrogens with zero attached hydrogens (tertiary/aromatic N) is 1. The Labute approximate surface area is 112 Å². The highest BCUT2D eigenvalue weighted by atomic mass is 35.5. The van der Waals surface area contributed by atoms with Gasteiger partial charge in [0.1, 0.15) is 5.69 Å². The first-order chi connectivity index (χ1) is 8.54. The zero-order valence-corrected chi connectivity index (χ0v) is 11.5. The van der Waals surface area contributed by atoms with Gasteiger partial charge in [0.25, 0.3) is 5.91 Å². The summed E-state index contributed by atoms with van der Waals surface area (Å²) >= 11 is 5.95. The summed E-state index contributed by atoms with van der Waals surface area (Å²) in [5, 5.41) is 3.51. The van der Waals surface area contributed by atoms with Gasteiger partial charge in [0.2, 0.25) is 0 Å². The SMILES string of the molecule is CCCn1cc(Cl)cc1C(=O)NCC1(N)CCC1. The fourth-order valence-corrected chi connectivity index (χ4v) is 2.47. The summed E-state index contributed by atoms with van der Waals surface area (Å²) in [5.74, 6) is -0.0907. The average Bonchev–Trinajstić information content (AvgIpc) is 2.65. The van der Waals surface area contributed by atoms with Crippen molar-refractivity contribution in [1.29, 1.82) is 0 Å². The third-order valence-electron chi connectivity index (χ3n) is 3.51. The first-order valence-electron chi connectivity index (χ1n) is 6.47. The molecule has 3 N–H and O–H groups in total. The second-order valence-electron chi connectivity index (χ2n) is 5.14. The Balaban J connectivity index is 1.99. The smallest absolute Gasteiger partial charge is 0.268 e. The van der Waals surface area contributed by atoms with Crippen LogP contribution in [0.15, 0.2) is 12.3 Å². The number of aryl methyl sites for hydroxylation is 1. The molecule has 0 unspecified atom stereocenters. The number of amides is 1. The van der Waals surface area contributed by atoms with Gasteiger partial charge in [-0.3, -0.25) is 4.79 Å². The number of rotatable bonds is 5. The van der Waals surface area contributed by atoms with Crippen molar-refractivity contribution in [1.82, 2.24) is 9.88 Å². The lowest BCUT2D eigenvalue weighted by Gasteiger charge is -2.38. The highest BCUT2D eigenvalue weighted by Gasteiger charge is 2.32. The standard InChI is InChI=1S/C13H20ClN3O/c1-2-6-17-8-10(14)7-11(17)12(18)16-9-13(15)4-3-5-13/h7-8H,2-6,9,15H2,1H3,(H,16,18). The van der Waals surface area contributed by atoms with Gasteiger partial charge in [-0.1, -0.05) is 18.5 Å². The molecular weight excluding hydrogens is 250 g/mol. The van der Waals surface area contributed by atoms with E-state index in [1.165, 1.54) is 0 Å². The van der Waals surface area contributed by atoms with E-state index >= 15 is 0 Å². The maximum Gasteiger partial charge on any atom is 0.268 e. The van der Waals surface area contributed by atoms with Crippen molar-refractivity contribution < 1.29 is 4.79 Å². The second-order valence-corrected chi connectivity index (χ2v) is 5.57. The normalized spacial score (nSPS) is 17.3. The maximum absolute atomic E-state index is 12.1. The molecule has 1 fully saturated rings. The van der Waals surface area contributed by atoms with E-state index in [0.29, 0.717) is 17.3 Å². The summed E-state index contributed by atoms with van der Waals surface area (Å²) in [6.07, 6.45) is 5.89. The Morgan fingerprint density at radius 2 is 2.33 bits per heavy atom.